The second-order valence-corrected chi connectivity index (χ2v) is 11.4. The highest BCUT2D eigenvalue weighted by Gasteiger charge is 2.56. The molecule has 0 aromatic heterocycles. The molecule has 0 aliphatic carbocycles. The van der Waals surface area contributed by atoms with Crippen LogP contribution in [0.4, 0.5) is 4.79 Å². The van der Waals surface area contributed by atoms with Gasteiger partial charge in [0.05, 0.1) is 23.3 Å². The van der Waals surface area contributed by atoms with E-state index in [0.29, 0.717) is 50.1 Å². The van der Waals surface area contributed by atoms with Gasteiger partial charge in [0.1, 0.15) is 5.76 Å². The lowest BCUT2D eigenvalue weighted by Crippen LogP contribution is -2.59. The van der Waals surface area contributed by atoms with Crippen LogP contribution in [0.1, 0.15) is 100 Å². The number of nitrogens with zero attached hydrogens (tertiary/aromatic N) is 1. The number of ether oxygens (including phenoxy) is 4. The first-order valence-corrected chi connectivity index (χ1v) is 13.8. The number of allylic oxidation sites excluding steroid dienone is 1. The van der Waals surface area contributed by atoms with Gasteiger partial charge in [0.2, 0.25) is 5.79 Å². The fourth-order valence-electron chi connectivity index (χ4n) is 5.36. The second-order valence-electron chi connectivity index (χ2n) is 11.4. The Balaban J connectivity index is 2.05. The normalized spacial score (nSPS) is 26.9. The molecule has 0 bridgehead atoms. The molecule has 1 fully saturated rings. The Morgan fingerprint density at radius 1 is 1.14 bits per heavy atom. The highest BCUT2D eigenvalue weighted by Crippen LogP contribution is 2.37. The van der Waals surface area contributed by atoms with E-state index in [4.69, 9.17) is 18.9 Å². The van der Waals surface area contributed by atoms with Crippen molar-refractivity contribution >= 4 is 12.1 Å². The molecular formula is C28H50N2O7. The molecule has 214 valence electrons. The maximum absolute atomic E-state index is 12.8. The van der Waals surface area contributed by atoms with Crippen LogP contribution < -0.4 is 5.32 Å². The van der Waals surface area contributed by atoms with Gasteiger partial charge in [-0.05, 0) is 59.9 Å². The van der Waals surface area contributed by atoms with E-state index in [-0.39, 0.29) is 24.1 Å². The molecule has 2 heterocycles. The van der Waals surface area contributed by atoms with Gasteiger partial charge in [-0.1, -0.05) is 26.7 Å². The van der Waals surface area contributed by atoms with Crippen molar-refractivity contribution < 1.29 is 33.6 Å². The average molecular weight is 527 g/mol. The summed E-state index contributed by atoms with van der Waals surface area (Å²) in [5.74, 6) is -0.694. The van der Waals surface area contributed by atoms with E-state index >= 15 is 0 Å². The zero-order valence-corrected chi connectivity index (χ0v) is 24.4. The average Bonchev–Trinajstić information content (AvgIpc) is 3.10. The van der Waals surface area contributed by atoms with Gasteiger partial charge >= 0.3 is 12.1 Å². The van der Waals surface area contributed by atoms with Crippen LogP contribution in [-0.4, -0.2) is 77.4 Å². The largest absolute Gasteiger partial charge is 0.457 e. The fraction of sp³-hybridized carbons (Fsp3) is 0.857. The molecule has 2 aliphatic heterocycles. The van der Waals surface area contributed by atoms with Gasteiger partial charge in [0.15, 0.2) is 5.60 Å². The van der Waals surface area contributed by atoms with Gasteiger partial charge in [0, 0.05) is 40.0 Å². The molecule has 1 amide bonds. The van der Waals surface area contributed by atoms with E-state index in [1.54, 1.807) is 32.8 Å². The first-order valence-electron chi connectivity index (χ1n) is 13.8. The van der Waals surface area contributed by atoms with E-state index in [1.165, 1.54) is 0 Å². The van der Waals surface area contributed by atoms with Crippen LogP contribution in [0, 0.1) is 0 Å². The lowest BCUT2D eigenvalue weighted by molar-refractivity contribution is -0.209. The van der Waals surface area contributed by atoms with Crippen molar-refractivity contribution in [1.82, 2.24) is 10.2 Å². The van der Waals surface area contributed by atoms with Crippen LogP contribution in [-0.2, 0) is 23.7 Å². The number of amides is 1. The lowest BCUT2D eigenvalue weighted by atomic mass is 9.84. The number of rotatable bonds is 15. The van der Waals surface area contributed by atoms with Gasteiger partial charge < -0.3 is 29.4 Å². The van der Waals surface area contributed by atoms with Gasteiger partial charge in [-0.15, -0.1) is 0 Å². The molecule has 0 aromatic carbocycles. The third-order valence-electron chi connectivity index (χ3n) is 7.92. The number of carbonyl (C=O) groups is 2. The molecular weight excluding hydrogens is 476 g/mol. The third-order valence-corrected chi connectivity index (χ3v) is 7.92. The molecule has 9 heteroatoms. The Bertz CT molecular complexity index is 829. The first-order chi connectivity index (χ1) is 17.2. The van der Waals surface area contributed by atoms with Gasteiger partial charge in [0.25, 0.3) is 0 Å². The highest BCUT2D eigenvalue weighted by molar-refractivity contribution is 5.89. The Kier molecular flexibility index (Phi) is 10.9. The maximum atomic E-state index is 12.8. The number of aliphatic hydroxyl groups is 1. The Morgan fingerprint density at radius 2 is 1.81 bits per heavy atom. The van der Waals surface area contributed by atoms with Gasteiger partial charge in [-0.2, -0.15) is 0 Å². The van der Waals surface area contributed by atoms with Crippen molar-refractivity contribution in [3.05, 3.63) is 11.3 Å². The number of hydrogen-bond acceptors (Lipinski definition) is 8. The summed E-state index contributed by atoms with van der Waals surface area (Å²) in [5, 5.41) is 14.4. The molecule has 1 saturated heterocycles. The van der Waals surface area contributed by atoms with E-state index in [0.717, 1.165) is 19.3 Å². The van der Waals surface area contributed by atoms with Crippen LogP contribution in [0.25, 0.3) is 0 Å². The molecule has 1 unspecified atom stereocenters. The number of methoxy groups -OCH3 is 1. The van der Waals surface area contributed by atoms with Crippen molar-refractivity contribution in [2.75, 3.05) is 20.2 Å². The quantitative estimate of drug-likeness (QED) is 0.234. The summed E-state index contributed by atoms with van der Waals surface area (Å²) in [6, 6.07) is -0.403. The molecule has 0 aromatic rings. The SMILES string of the molecule is CCCCCN1C(=O)O[C@](C)([C@H](O)CC)[C@H]1[C@@H](C)NCCC(C)(CCC1=C(C)C(=O)OC(C)(C)O1)OC. The molecule has 9 nitrogen and oxygen atoms in total. The topological polar surface area (TPSA) is 107 Å². The molecule has 2 aliphatic rings. The van der Waals surface area contributed by atoms with Crippen LogP contribution in [0.2, 0.25) is 0 Å². The summed E-state index contributed by atoms with van der Waals surface area (Å²) >= 11 is 0. The summed E-state index contributed by atoms with van der Waals surface area (Å²) in [7, 11) is 1.69. The number of cyclic esters (lactones) is 2. The minimum absolute atomic E-state index is 0.109. The number of esters is 1. The number of nitrogens with one attached hydrogen (secondary N) is 1. The first kappa shape index (κ1) is 31.4. The van der Waals surface area contributed by atoms with Crippen molar-refractivity contribution in [3.8, 4) is 0 Å². The monoisotopic (exact) mass is 526 g/mol. The zero-order chi connectivity index (χ0) is 28.0. The molecule has 5 atom stereocenters. The molecule has 2 N–H and O–H groups in total. The minimum atomic E-state index is -0.987. The summed E-state index contributed by atoms with van der Waals surface area (Å²) in [4.78, 5) is 26.8. The predicted molar refractivity (Wildman–Crippen MR) is 142 cm³/mol. The van der Waals surface area contributed by atoms with E-state index in [1.807, 2.05) is 27.7 Å². The smallest absolute Gasteiger partial charge is 0.410 e. The van der Waals surface area contributed by atoms with Crippen molar-refractivity contribution in [2.24, 2.45) is 0 Å². The molecule has 2 rings (SSSR count). The maximum Gasteiger partial charge on any atom is 0.410 e. The van der Waals surface area contributed by atoms with Crippen LogP contribution >= 0.6 is 0 Å². The Labute approximate surface area is 223 Å². The number of hydrogen-bond donors (Lipinski definition) is 2. The minimum Gasteiger partial charge on any atom is -0.457 e. The zero-order valence-electron chi connectivity index (χ0n) is 24.4. The summed E-state index contributed by atoms with van der Waals surface area (Å²) < 4.78 is 22.9. The Hall–Kier alpha value is -1.84. The molecule has 0 radical (unpaired) electrons. The number of unbranched alkanes of at least 4 members (excludes halogenated alkanes) is 2. The predicted octanol–water partition coefficient (Wildman–Crippen LogP) is 4.66. The van der Waals surface area contributed by atoms with E-state index in [2.05, 4.69) is 12.2 Å². The fourth-order valence-corrected chi connectivity index (χ4v) is 5.36. The molecule has 0 spiro atoms. The highest BCUT2D eigenvalue weighted by atomic mass is 16.7. The number of aliphatic hydroxyl groups excluding tert-OH is 1. The van der Waals surface area contributed by atoms with E-state index < -0.39 is 23.1 Å². The molecule has 37 heavy (non-hydrogen) atoms. The van der Waals surface area contributed by atoms with Crippen molar-refractivity contribution in [2.45, 2.75) is 136 Å². The Morgan fingerprint density at radius 3 is 2.41 bits per heavy atom. The van der Waals surface area contributed by atoms with Crippen LogP contribution in [0.3, 0.4) is 0 Å². The molecule has 0 saturated carbocycles. The summed E-state index contributed by atoms with van der Waals surface area (Å²) in [5.41, 5.74) is -0.949. The van der Waals surface area contributed by atoms with Crippen molar-refractivity contribution in [3.63, 3.8) is 0 Å². The van der Waals surface area contributed by atoms with Gasteiger partial charge in [-0.25, -0.2) is 9.59 Å². The van der Waals surface area contributed by atoms with Crippen LogP contribution in [0.15, 0.2) is 11.3 Å². The summed E-state index contributed by atoms with van der Waals surface area (Å²) in [6.07, 6.45) is 4.31. The third kappa shape index (κ3) is 7.60. The second kappa shape index (κ2) is 12.8. The van der Waals surface area contributed by atoms with Crippen LogP contribution in [0.5, 0.6) is 0 Å². The van der Waals surface area contributed by atoms with Crippen molar-refractivity contribution in [1.29, 1.82) is 0 Å². The lowest BCUT2D eigenvalue weighted by Gasteiger charge is -2.39. The van der Waals surface area contributed by atoms with E-state index in [9.17, 15) is 14.7 Å². The standard InChI is InChI=1S/C28H50N2O7/c1-10-12-13-18-30-23(28(8,22(31)11-2)37-25(30)33)20(4)29-17-16-27(7,34-9)15-14-21-19(3)24(32)36-26(5,6)35-21/h20,22-23,29,31H,10-18H2,1-9H3/t20-,22-,23-,27?,28-/m1/s1. The summed E-state index contributed by atoms with van der Waals surface area (Å²) in [6.45, 7) is 16.4. The number of carbonyl (C=O) groups excluding carboxylic acids is 2. The van der Waals surface area contributed by atoms with Gasteiger partial charge in [-0.3, -0.25) is 4.90 Å².